The lowest BCUT2D eigenvalue weighted by molar-refractivity contribution is -0.122. The first-order valence-electron chi connectivity index (χ1n) is 10.0. The van der Waals surface area contributed by atoms with E-state index in [-0.39, 0.29) is 23.4 Å². The van der Waals surface area contributed by atoms with Crippen molar-refractivity contribution in [3.63, 3.8) is 0 Å². The van der Waals surface area contributed by atoms with Crippen LogP contribution in [0.25, 0.3) is 6.08 Å². The number of amides is 4. The number of barbiturate groups is 1. The highest BCUT2D eigenvalue weighted by Crippen LogP contribution is 2.25. The average molecular weight is 460 g/mol. The van der Waals surface area contributed by atoms with E-state index in [2.05, 4.69) is 0 Å². The van der Waals surface area contributed by atoms with E-state index in [0.29, 0.717) is 21.8 Å². The lowest BCUT2D eigenvalue weighted by Crippen LogP contribution is -2.54. The second kappa shape index (κ2) is 9.37. The molecule has 9 heteroatoms. The van der Waals surface area contributed by atoms with Crippen molar-refractivity contribution < 1.29 is 33.4 Å². The number of hydrogen-bond donors (Lipinski definition) is 2. The fourth-order valence-electron chi connectivity index (χ4n) is 3.30. The van der Waals surface area contributed by atoms with Gasteiger partial charge in [0.25, 0.3) is 11.8 Å². The monoisotopic (exact) mass is 460 g/mol. The lowest BCUT2D eigenvalue weighted by Gasteiger charge is -2.26. The predicted molar refractivity (Wildman–Crippen MR) is 120 cm³/mol. The zero-order chi connectivity index (χ0) is 24.2. The molecule has 0 atom stereocenters. The maximum absolute atomic E-state index is 14.2. The number of nitrogens with zero attached hydrogens (tertiary/aromatic N) is 1. The highest BCUT2D eigenvalue weighted by Gasteiger charge is 2.37. The minimum atomic E-state index is -1.03. The number of carboxylic acid groups (broad SMARTS) is 1. The number of carbonyl (C=O) groups is 4. The number of benzene rings is 3. The fraction of sp³-hybridized carbons (Fsp3) is 0.0400. The summed E-state index contributed by atoms with van der Waals surface area (Å²) in [5.74, 6) is -3.17. The first kappa shape index (κ1) is 22.4. The van der Waals surface area contributed by atoms with Crippen LogP contribution in [-0.2, 0) is 16.2 Å². The number of nitrogens with one attached hydrogen (secondary N) is 1. The fourth-order valence-corrected chi connectivity index (χ4v) is 3.30. The summed E-state index contributed by atoms with van der Waals surface area (Å²) in [6.07, 6.45) is 1.29. The van der Waals surface area contributed by atoms with Gasteiger partial charge in [0, 0.05) is 0 Å². The summed E-state index contributed by atoms with van der Waals surface area (Å²) in [5, 5.41) is 11.1. The van der Waals surface area contributed by atoms with E-state index in [1.165, 1.54) is 36.4 Å². The van der Waals surface area contributed by atoms with Gasteiger partial charge in [-0.05, 0) is 53.6 Å². The molecule has 2 N–H and O–H groups in total. The van der Waals surface area contributed by atoms with E-state index in [1.54, 1.807) is 36.4 Å². The molecule has 1 fully saturated rings. The maximum atomic E-state index is 14.2. The molecule has 0 saturated carbocycles. The molecule has 1 saturated heterocycles. The molecule has 0 spiro atoms. The van der Waals surface area contributed by atoms with Crippen molar-refractivity contribution in [1.82, 2.24) is 5.32 Å². The Morgan fingerprint density at radius 3 is 2.44 bits per heavy atom. The molecule has 170 valence electrons. The number of halogens is 1. The van der Waals surface area contributed by atoms with Crippen LogP contribution in [0.5, 0.6) is 5.75 Å². The van der Waals surface area contributed by atoms with Gasteiger partial charge in [-0.3, -0.25) is 14.9 Å². The molecule has 0 unspecified atom stereocenters. The van der Waals surface area contributed by atoms with Crippen molar-refractivity contribution in [1.29, 1.82) is 0 Å². The normalized spacial score (nSPS) is 14.8. The lowest BCUT2D eigenvalue weighted by atomic mass is 10.1. The van der Waals surface area contributed by atoms with Gasteiger partial charge in [0.05, 0.1) is 11.3 Å². The van der Waals surface area contributed by atoms with Crippen molar-refractivity contribution in [3.05, 3.63) is 101 Å². The number of carboxylic acids is 1. The summed E-state index contributed by atoms with van der Waals surface area (Å²) < 4.78 is 19.8. The number of aromatic carboxylic acids is 1. The molecule has 1 aliphatic heterocycles. The summed E-state index contributed by atoms with van der Waals surface area (Å²) in [6.45, 7) is 0.141. The molecular formula is C25H17FN2O6. The van der Waals surface area contributed by atoms with Gasteiger partial charge in [-0.25, -0.2) is 18.9 Å². The zero-order valence-electron chi connectivity index (χ0n) is 17.5. The van der Waals surface area contributed by atoms with Gasteiger partial charge in [-0.2, -0.15) is 0 Å². The van der Waals surface area contributed by atoms with Gasteiger partial charge in [0.2, 0.25) is 0 Å². The van der Waals surface area contributed by atoms with Crippen LogP contribution in [0.2, 0.25) is 0 Å². The number of hydrogen-bond acceptors (Lipinski definition) is 5. The number of ether oxygens (including phenoxy) is 1. The highest BCUT2D eigenvalue weighted by atomic mass is 19.1. The van der Waals surface area contributed by atoms with E-state index in [4.69, 9.17) is 9.84 Å². The molecule has 0 radical (unpaired) electrons. The van der Waals surface area contributed by atoms with Gasteiger partial charge in [0.15, 0.2) is 0 Å². The van der Waals surface area contributed by atoms with Crippen LogP contribution in [-0.4, -0.2) is 28.9 Å². The molecule has 0 aliphatic carbocycles. The Morgan fingerprint density at radius 1 is 1.00 bits per heavy atom. The second-order valence-corrected chi connectivity index (χ2v) is 7.27. The quantitative estimate of drug-likeness (QED) is 0.428. The Morgan fingerprint density at radius 2 is 1.74 bits per heavy atom. The molecule has 3 aromatic rings. The summed E-state index contributed by atoms with van der Waals surface area (Å²) in [5.41, 5.74) is 0.706. The Labute approximate surface area is 192 Å². The maximum Gasteiger partial charge on any atom is 0.336 e. The van der Waals surface area contributed by atoms with E-state index in [9.17, 15) is 23.6 Å². The van der Waals surface area contributed by atoms with E-state index < -0.39 is 29.6 Å². The summed E-state index contributed by atoms with van der Waals surface area (Å²) in [6, 6.07) is 17.0. The van der Waals surface area contributed by atoms with Crippen LogP contribution in [0.4, 0.5) is 14.9 Å². The topological polar surface area (TPSA) is 113 Å². The molecular weight excluding hydrogens is 443 g/mol. The van der Waals surface area contributed by atoms with Crippen LogP contribution < -0.4 is 15.0 Å². The van der Waals surface area contributed by atoms with E-state index in [1.807, 2.05) is 5.32 Å². The average Bonchev–Trinajstić information content (AvgIpc) is 2.82. The first-order valence-corrected chi connectivity index (χ1v) is 10.0. The van der Waals surface area contributed by atoms with Crippen molar-refractivity contribution in [2.75, 3.05) is 4.90 Å². The van der Waals surface area contributed by atoms with Gasteiger partial charge in [-0.1, -0.05) is 36.4 Å². The van der Waals surface area contributed by atoms with Gasteiger partial charge in [0.1, 0.15) is 23.7 Å². The van der Waals surface area contributed by atoms with Gasteiger partial charge < -0.3 is 9.84 Å². The second-order valence-electron chi connectivity index (χ2n) is 7.27. The Balaban J connectivity index is 1.51. The van der Waals surface area contributed by atoms with Crippen molar-refractivity contribution >= 4 is 35.6 Å². The number of imide groups is 2. The molecule has 3 aromatic carbocycles. The van der Waals surface area contributed by atoms with Crippen molar-refractivity contribution in [2.24, 2.45) is 0 Å². The molecule has 34 heavy (non-hydrogen) atoms. The SMILES string of the molecule is O=C1NC(=O)N(c2ccccc2F)C(=O)/C1=C\c1ccc(OCc2cccc(C(=O)O)c2)cc1. The molecule has 0 bridgehead atoms. The third-order valence-electron chi connectivity index (χ3n) is 4.97. The summed E-state index contributed by atoms with van der Waals surface area (Å²) >= 11 is 0. The third kappa shape index (κ3) is 4.68. The number of rotatable bonds is 6. The number of carbonyl (C=O) groups excluding carboxylic acids is 3. The Hall–Kier alpha value is -4.79. The summed E-state index contributed by atoms with van der Waals surface area (Å²) in [4.78, 5) is 49.0. The van der Waals surface area contributed by atoms with Gasteiger partial charge >= 0.3 is 12.0 Å². The number of para-hydroxylation sites is 1. The molecule has 4 amide bonds. The first-order chi connectivity index (χ1) is 16.3. The van der Waals surface area contributed by atoms with Crippen molar-refractivity contribution in [2.45, 2.75) is 6.61 Å². The Bertz CT molecular complexity index is 1330. The number of urea groups is 1. The molecule has 8 nitrogen and oxygen atoms in total. The standard InChI is InChI=1S/C25H17FN2O6/c26-20-6-1-2-7-21(20)28-23(30)19(22(29)27-25(28)33)13-15-8-10-18(11-9-15)34-14-16-4-3-5-17(12-16)24(31)32/h1-13H,14H2,(H,31,32)(H,27,29,33)/b19-13-. The van der Waals surface area contributed by atoms with Gasteiger partial charge in [-0.15, -0.1) is 0 Å². The molecule has 1 heterocycles. The zero-order valence-corrected chi connectivity index (χ0v) is 17.5. The smallest absolute Gasteiger partial charge is 0.336 e. The van der Waals surface area contributed by atoms with E-state index >= 15 is 0 Å². The molecule has 0 aromatic heterocycles. The summed E-state index contributed by atoms with van der Waals surface area (Å²) in [7, 11) is 0. The molecule has 4 rings (SSSR count). The number of anilines is 1. The minimum Gasteiger partial charge on any atom is -0.489 e. The largest absolute Gasteiger partial charge is 0.489 e. The Kier molecular flexibility index (Phi) is 6.18. The van der Waals surface area contributed by atoms with E-state index in [0.717, 1.165) is 6.07 Å². The molecule has 1 aliphatic rings. The van der Waals surface area contributed by atoms with Crippen LogP contribution in [0, 0.1) is 5.82 Å². The van der Waals surface area contributed by atoms with Crippen LogP contribution in [0.15, 0.2) is 78.4 Å². The van der Waals surface area contributed by atoms with Crippen LogP contribution in [0.1, 0.15) is 21.5 Å². The predicted octanol–water partition coefficient (Wildman–Crippen LogP) is 3.77. The van der Waals surface area contributed by atoms with Crippen LogP contribution >= 0.6 is 0 Å². The highest BCUT2D eigenvalue weighted by molar-refractivity contribution is 6.39. The minimum absolute atomic E-state index is 0.141. The van der Waals surface area contributed by atoms with Crippen LogP contribution in [0.3, 0.4) is 0 Å². The van der Waals surface area contributed by atoms with Crippen molar-refractivity contribution in [3.8, 4) is 5.75 Å². The third-order valence-corrected chi connectivity index (χ3v) is 4.97.